The highest BCUT2D eigenvalue weighted by molar-refractivity contribution is 14.1. The van der Waals surface area contributed by atoms with Gasteiger partial charge >= 0.3 is 17.9 Å². The molecule has 6 rings (SSSR count). The molecule has 1 N–H and O–H groups in total. The second-order valence-electron chi connectivity index (χ2n) is 11.2. The van der Waals surface area contributed by atoms with Crippen LogP contribution in [0.15, 0.2) is 29.2 Å². The molecular weight excluding hydrogens is 1020 g/mol. The van der Waals surface area contributed by atoms with Crippen molar-refractivity contribution in [2.45, 2.75) is 61.5 Å². The van der Waals surface area contributed by atoms with Crippen LogP contribution < -0.4 is 4.74 Å². The maximum atomic E-state index is 13.7. The molecule has 1 saturated heterocycles. The third-order valence-corrected chi connectivity index (χ3v) is 15.8. The molecule has 4 aliphatic rings. The van der Waals surface area contributed by atoms with E-state index >= 15 is 0 Å². The molecule has 0 aromatic heterocycles. The number of hydrogen-bond acceptors (Lipinski definition) is 8. The molecule has 4 fully saturated rings. The van der Waals surface area contributed by atoms with Crippen LogP contribution in [-0.2, 0) is 29.2 Å². The van der Waals surface area contributed by atoms with Crippen LogP contribution in [0.4, 0.5) is 0 Å². The Bertz CT molecular complexity index is 1580. The Kier molecular flexibility index (Phi) is 9.14. The van der Waals surface area contributed by atoms with E-state index in [1.807, 2.05) is 6.07 Å². The van der Waals surface area contributed by atoms with Crippen molar-refractivity contribution in [3.05, 3.63) is 49.7 Å². The fraction of sp³-hybridized carbons (Fsp3) is 0.464. The number of hydrogen-bond donors (Lipinski definition) is 1. The molecule has 9 nitrogen and oxygen atoms in total. The average Bonchev–Trinajstić information content (AvgIpc) is 3.56. The number of rotatable bonds is 6. The van der Waals surface area contributed by atoms with Crippen LogP contribution in [0.25, 0.3) is 0 Å². The maximum absolute atomic E-state index is 13.7. The van der Waals surface area contributed by atoms with Crippen LogP contribution in [0.5, 0.6) is 5.75 Å². The molecule has 0 radical (unpaired) electrons. The quantitative estimate of drug-likeness (QED) is 0.116. The Hall–Kier alpha value is -0.320. The topological polar surface area (TPSA) is 133 Å². The molecule has 0 spiro atoms. The van der Waals surface area contributed by atoms with Gasteiger partial charge in [-0.2, -0.15) is 8.42 Å². The van der Waals surface area contributed by atoms with Gasteiger partial charge in [0.05, 0.1) is 22.3 Å². The van der Waals surface area contributed by atoms with Gasteiger partial charge in [-0.1, -0.05) is 19.3 Å². The zero-order valence-corrected chi connectivity index (χ0v) is 31.2. The van der Waals surface area contributed by atoms with Crippen molar-refractivity contribution >= 4 is 118 Å². The van der Waals surface area contributed by atoms with E-state index in [0.29, 0.717) is 17.5 Å². The summed E-state index contributed by atoms with van der Waals surface area (Å²) >= 11 is 8.59. The Morgan fingerprint density at radius 2 is 1.62 bits per heavy atom. The first-order valence-corrected chi connectivity index (χ1v) is 19.2. The Morgan fingerprint density at radius 1 is 0.952 bits per heavy atom. The lowest BCUT2D eigenvalue weighted by atomic mass is 9.78. The predicted molar refractivity (Wildman–Crippen MR) is 183 cm³/mol. The van der Waals surface area contributed by atoms with Crippen LogP contribution in [0.2, 0.25) is 0 Å². The molecule has 2 aromatic carbocycles. The zero-order chi connectivity index (χ0) is 30.1. The number of ether oxygens (including phenoxy) is 3. The molecule has 14 heteroatoms. The standard InChI is InChI=1S/C28H24I4O9S/c29-16-10-17(30)23(32)21(22(16)31)28(35)41-25-14-9-15-20(27(34)40-24(15)25)19(14)26(33)39-12-6-7-18(42(36,37)38)13(8-12)11-4-2-1-3-5-11/h6-8,10-11,14-15,19-20,24-25H,1-5,9H2,(H,36,37,38). The molecule has 3 saturated carbocycles. The molecule has 1 aliphatic heterocycles. The van der Waals surface area contributed by atoms with Crippen molar-refractivity contribution in [2.75, 3.05) is 0 Å². The van der Waals surface area contributed by atoms with Gasteiger partial charge in [-0.3, -0.25) is 14.1 Å². The fourth-order valence-electron chi connectivity index (χ4n) is 7.15. The van der Waals surface area contributed by atoms with E-state index in [4.69, 9.17) is 14.2 Å². The van der Waals surface area contributed by atoms with Gasteiger partial charge in [-0.15, -0.1) is 0 Å². The summed E-state index contributed by atoms with van der Waals surface area (Å²) in [6.45, 7) is 0. The van der Waals surface area contributed by atoms with Gasteiger partial charge in [0, 0.05) is 26.1 Å². The number of halogens is 4. The average molecular weight is 1040 g/mol. The summed E-state index contributed by atoms with van der Waals surface area (Å²) < 4.78 is 54.9. The van der Waals surface area contributed by atoms with E-state index in [1.165, 1.54) is 18.2 Å². The molecule has 224 valence electrons. The molecule has 42 heavy (non-hydrogen) atoms. The number of carbonyl (C=O) groups excluding carboxylic acids is 3. The zero-order valence-electron chi connectivity index (χ0n) is 21.7. The minimum atomic E-state index is -4.47. The summed E-state index contributed by atoms with van der Waals surface area (Å²) in [5.41, 5.74) is 0.878. The Morgan fingerprint density at radius 3 is 2.26 bits per heavy atom. The van der Waals surface area contributed by atoms with Crippen LogP contribution >= 0.6 is 90.4 Å². The minimum absolute atomic E-state index is 0.0825. The first-order valence-electron chi connectivity index (χ1n) is 13.4. The third kappa shape index (κ3) is 5.63. The summed E-state index contributed by atoms with van der Waals surface area (Å²) in [4.78, 5) is 39.9. The van der Waals surface area contributed by atoms with Crippen molar-refractivity contribution in [2.24, 2.45) is 23.7 Å². The summed E-state index contributed by atoms with van der Waals surface area (Å²) in [5.74, 6) is -3.87. The third-order valence-electron chi connectivity index (χ3n) is 8.90. The van der Waals surface area contributed by atoms with Gasteiger partial charge in [0.1, 0.15) is 18.0 Å². The van der Waals surface area contributed by atoms with Crippen molar-refractivity contribution in [3.8, 4) is 5.75 Å². The van der Waals surface area contributed by atoms with Gasteiger partial charge < -0.3 is 14.2 Å². The second kappa shape index (κ2) is 12.1. The number of benzene rings is 2. The lowest BCUT2D eigenvalue weighted by Gasteiger charge is -2.30. The van der Waals surface area contributed by atoms with E-state index < -0.39 is 58.0 Å². The van der Waals surface area contributed by atoms with E-state index in [-0.39, 0.29) is 22.5 Å². The van der Waals surface area contributed by atoms with E-state index in [0.717, 1.165) is 46.4 Å². The van der Waals surface area contributed by atoms with E-state index in [2.05, 4.69) is 90.4 Å². The van der Waals surface area contributed by atoms with Gasteiger partial charge in [0.15, 0.2) is 0 Å². The molecule has 3 aliphatic carbocycles. The highest BCUT2D eigenvalue weighted by atomic mass is 127. The van der Waals surface area contributed by atoms with Crippen molar-refractivity contribution in [1.29, 1.82) is 0 Å². The monoisotopic (exact) mass is 1040 g/mol. The molecule has 2 bridgehead atoms. The van der Waals surface area contributed by atoms with Crippen molar-refractivity contribution in [1.82, 2.24) is 0 Å². The summed E-state index contributed by atoms with van der Waals surface area (Å²) in [6.07, 6.45) is 3.57. The molecule has 6 unspecified atom stereocenters. The van der Waals surface area contributed by atoms with E-state index in [9.17, 15) is 27.4 Å². The number of carbonyl (C=O) groups is 3. The van der Waals surface area contributed by atoms with Crippen LogP contribution in [0.1, 0.15) is 60.4 Å². The number of fused-ring (bicyclic) bond motifs is 1. The lowest BCUT2D eigenvalue weighted by molar-refractivity contribution is -0.149. The SMILES string of the molecule is O=C(OC1C2CC3C1OC(=O)C3C2C(=O)Oc1ccc(S(=O)(=O)O)c(C2CCCCC2)c1)c1c(I)c(I)cc(I)c1I. The minimum Gasteiger partial charge on any atom is -0.458 e. The fourth-order valence-corrected chi connectivity index (χ4v) is 11.5. The summed E-state index contributed by atoms with van der Waals surface area (Å²) in [5, 5.41) is 0. The van der Waals surface area contributed by atoms with Gasteiger partial charge in [0.25, 0.3) is 10.1 Å². The van der Waals surface area contributed by atoms with Crippen molar-refractivity contribution < 1.29 is 41.6 Å². The van der Waals surface area contributed by atoms with E-state index in [1.54, 1.807) is 0 Å². The molecule has 6 atom stereocenters. The first kappa shape index (κ1) is 31.7. The highest BCUT2D eigenvalue weighted by Crippen LogP contribution is 2.59. The largest absolute Gasteiger partial charge is 0.458 e. The summed E-state index contributed by atoms with van der Waals surface area (Å²) in [7, 11) is -4.47. The maximum Gasteiger partial charge on any atom is 0.340 e. The van der Waals surface area contributed by atoms with Gasteiger partial charge in [0.2, 0.25) is 0 Å². The van der Waals surface area contributed by atoms with Crippen LogP contribution in [-0.4, -0.2) is 43.1 Å². The van der Waals surface area contributed by atoms with Gasteiger partial charge in [-0.25, -0.2) is 4.79 Å². The molecule has 0 amide bonds. The summed E-state index contributed by atoms with van der Waals surface area (Å²) in [6, 6.07) is 6.10. The molecular formula is C28H24I4O9S. The smallest absolute Gasteiger partial charge is 0.340 e. The molecule has 1 heterocycles. The van der Waals surface area contributed by atoms with Crippen molar-refractivity contribution in [3.63, 3.8) is 0 Å². The van der Waals surface area contributed by atoms with Crippen LogP contribution in [0, 0.1) is 38.0 Å². The first-order chi connectivity index (χ1) is 19.9. The Labute approximate surface area is 297 Å². The van der Waals surface area contributed by atoms with Gasteiger partial charge in [-0.05, 0) is 145 Å². The second-order valence-corrected chi connectivity index (χ2v) is 17.0. The lowest BCUT2D eigenvalue weighted by Crippen LogP contribution is -2.44. The Balaban J connectivity index is 1.27. The van der Waals surface area contributed by atoms with Crippen LogP contribution in [0.3, 0.4) is 0 Å². The predicted octanol–water partition coefficient (Wildman–Crippen LogP) is 6.34. The number of esters is 3. The highest BCUT2D eigenvalue weighted by Gasteiger charge is 2.70. The molecule has 2 aromatic rings. The normalized spacial score (nSPS) is 28.5.